The molecule has 276 valence electrons. The molecular weight excluding hydrogens is 725 g/mol. The molecule has 0 bridgehead atoms. The number of halogens is 4. The van der Waals surface area contributed by atoms with Gasteiger partial charge in [-0.15, -0.1) is 13.2 Å². The average molecular weight is 757 g/mol. The van der Waals surface area contributed by atoms with Gasteiger partial charge in [0.2, 0.25) is 23.6 Å². The number of alkyl halides is 3. The van der Waals surface area contributed by atoms with E-state index in [0.29, 0.717) is 17.6 Å². The minimum Gasteiger partial charge on any atom is -0.508 e. The summed E-state index contributed by atoms with van der Waals surface area (Å²) in [5.74, 6) is -8.10. The van der Waals surface area contributed by atoms with E-state index in [2.05, 4.69) is 4.74 Å². The number of hydrogen-bond acceptors (Lipinski definition) is 7. The third-order valence-corrected chi connectivity index (χ3v) is 11.6. The maximum atomic E-state index is 15.3. The zero-order valence-corrected chi connectivity index (χ0v) is 29.1. The van der Waals surface area contributed by atoms with E-state index in [1.54, 1.807) is 66.7 Å². The van der Waals surface area contributed by atoms with Crippen LogP contribution < -0.4 is 9.64 Å². The molecule has 13 heteroatoms. The van der Waals surface area contributed by atoms with E-state index in [0.717, 1.165) is 28.7 Å². The number of carbonyl (C=O) groups is 4. The molecule has 0 aromatic heterocycles. The Balaban J connectivity index is 1.30. The summed E-state index contributed by atoms with van der Waals surface area (Å²) in [5.41, 5.74) is -0.0903. The molecule has 0 spiro atoms. The van der Waals surface area contributed by atoms with Crippen LogP contribution in [0.15, 0.2) is 109 Å². The highest BCUT2D eigenvalue weighted by molar-refractivity contribution is 6.32. The second-order valence-electron chi connectivity index (χ2n) is 14.1. The van der Waals surface area contributed by atoms with Gasteiger partial charge in [-0.2, -0.15) is 0 Å². The lowest BCUT2D eigenvalue weighted by molar-refractivity contribution is -0.274. The van der Waals surface area contributed by atoms with Crippen LogP contribution in [0.3, 0.4) is 0 Å². The van der Waals surface area contributed by atoms with Crippen LogP contribution in [0.4, 0.5) is 18.9 Å². The number of nitrogens with zero attached hydrogens (tertiary/aromatic N) is 2. The molecule has 54 heavy (non-hydrogen) atoms. The fourth-order valence-corrected chi connectivity index (χ4v) is 9.42. The van der Waals surface area contributed by atoms with Crippen molar-refractivity contribution in [3.8, 4) is 17.2 Å². The van der Waals surface area contributed by atoms with Crippen LogP contribution in [0.2, 0.25) is 5.02 Å². The summed E-state index contributed by atoms with van der Waals surface area (Å²) in [6, 6.07) is 24.0. The van der Waals surface area contributed by atoms with Gasteiger partial charge in [0, 0.05) is 23.0 Å². The molecule has 0 radical (unpaired) electrons. The second-order valence-corrected chi connectivity index (χ2v) is 14.5. The van der Waals surface area contributed by atoms with E-state index in [1.807, 2.05) is 0 Å². The van der Waals surface area contributed by atoms with Crippen molar-refractivity contribution < 1.29 is 47.3 Å². The van der Waals surface area contributed by atoms with E-state index in [1.165, 1.54) is 23.1 Å². The summed E-state index contributed by atoms with van der Waals surface area (Å²) in [4.78, 5) is 60.7. The molecule has 2 saturated heterocycles. The number of anilines is 1. The van der Waals surface area contributed by atoms with Crippen molar-refractivity contribution in [2.75, 3.05) is 11.4 Å². The van der Waals surface area contributed by atoms with E-state index in [9.17, 15) is 37.8 Å². The number of amides is 4. The monoisotopic (exact) mass is 756 g/mol. The van der Waals surface area contributed by atoms with Crippen molar-refractivity contribution in [2.24, 2.45) is 23.7 Å². The molecule has 4 amide bonds. The molecule has 1 saturated carbocycles. The van der Waals surface area contributed by atoms with Gasteiger partial charge in [0.25, 0.3) is 0 Å². The molecule has 2 N–H and O–H groups in total. The van der Waals surface area contributed by atoms with Crippen molar-refractivity contribution in [1.29, 1.82) is 0 Å². The Hall–Kier alpha value is -5.62. The van der Waals surface area contributed by atoms with Gasteiger partial charge >= 0.3 is 6.36 Å². The van der Waals surface area contributed by atoms with Crippen molar-refractivity contribution in [3.05, 3.63) is 130 Å². The number of allylic oxidation sites excluding steroid dienone is 2. The lowest BCUT2D eigenvalue weighted by Crippen LogP contribution is -2.53. The van der Waals surface area contributed by atoms with Crippen LogP contribution in [0.5, 0.6) is 17.2 Å². The topological polar surface area (TPSA) is 124 Å². The summed E-state index contributed by atoms with van der Waals surface area (Å²) >= 11 is 6.33. The molecule has 6 unspecified atom stereocenters. The molecule has 3 fully saturated rings. The fourth-order valence-electron chi connectivity index (χ4n) is 9.24. The third-order valence-electron chi connectivity index (χ3n) is 11.4. The van der Waals surface area contributed by atoms with Gasteiger partial charge < -0.3 is 14.9 Å². The van der Waals surface area contributed by atoms with Gasteiger partial charge in [0.05, 0.1) is 28.9 Å². The number of aromatic hydroxyl groups is 2. The molecule has 4 aromatic rings. The van der Waals surface area contributed by atoms with Crippen LogP contribution in [0, 0.1) is 23.7 Å². The Kier molecular flexibility index (Phi) is 8.56. The Morgan fingerprint density at radius 3 is 2.28 bits per heavy atom. The first-order valence-electron chi connectivity index (χ1n) is 17.4. The van der Waals surface area contributed by atoms with Gasteiger partial charge in [0.15, 0.2) is 0 Å². The van der Waals surface area contributed by atoms with Crippen LogP contribution in [-0.2, 0) is 31.0 Å². The smallest absolute Gasteiger partial charge is 0.508 e. The van der Waals surface area contributed by atoms with Crippen molar-refractivity contribution >= 4 is 40.9 Å². The van der Waals surface area contributed by atoms with E-state index < -0.39 is 70.6 Å². The number of imide groups is 2. The zero-order chi connectivity index (χ0) is 38.1. The Morgan fingerprint density at radius 2 is 1.57 bits per heavy atom. The summed E-state index contributed by atoms with van der Waals surface area (Å²) in [6.07, 6.45) is -2.95. The highest BCUT2D eigenvalue weighted by Gasteiger charge is 2.70. The van der Waals surface area contributed by atoms with Gasteiger partial charge in [-0.1, -0.05) is 71.8 Å². The number of carbonyl (C=O) groups excluding carboxylic acids is 4. The number of benzene rings is 4. The first kappa shape index (κ1) is 35.4. The molecule has 4 aliphatic rings. The summed E-state index contributed by atoms with van der Waals surface area (Å²) in [6.45, 7) is 0.0654. The summed E-state index contributed by atoms with van der Waals surface area (Å²) < 4.78 is 45.0. The molecule has 2 aliphatic carbocycles. The molecule has 8 rings (SSSR count). The predicted octanol–water partition coefficient (Wildman–Crippen LogP) is 7.05. The first-order valence-corrected chi connectivity index (χ1v) is 17.8. The maximum absolute atomic E-state index is 15.3. The first-order chi connectivity index (χ1) is 25.8. The molecular formula is C41H32ClF3N2O7. The highest BCUT2D eigenvalue weighted by atomic mass is 35.5. The minimum atomic E-state index is -5.08. The molecule has 2 aliphatic heterocycles. The van der Waals surface area contributed by atoms with Crippen LogP contribution in [0.1, 0.15) is 35.4 Å². The second kappa shape index (κ2) is 13.0. The minimum absolute atomic E-state index is 0.0373. The highest BCUT2D eigenvalue weighted by Crippen LogP contribution is 2.65. The molecule has 2 heterocycles. The predicted molar refractivity (Wildman–Crippen MR) is 189 cm³/mol. The number of rotatable bonds is 7. The Morgan fingerprint density at radius 1 is 0.833 bits per heavy atom. The normalized spacial score (nSPS) is 26.4. The molecule has 4 aromatic carbocycles. The molecule has 6 atom stereocenters. The SMILES string of the molecule is O=C1C2CC=C3C(CC4C(=O)N(c5cccc(Cl)c5)C(=O)C4(c4ccccc4)C3c3cc(OC(F)(F)F)ccc3O)C2C(=O)N1CCc1ccc(O)cc1. The molecule has 9 nitrogen and oxygen atoms in total. The number of fused-ring (bicyclic) bond motifs is 4. The quantitative estimate of drug-likeness (QED) is 0.153. The van der Waals surface area contributed by atoms with Crippen molar-refractivity contribution in [3.63, 3.8) is 0 Å². The van der Waals surface area contributed by atoms with Gasteiger partial charge in [-0.05, 0) is 84.8 Å². The summed E-state index contributed by atoms with van der Waals surface area (Å²) in [7, 11) is 0. The number of hydrogen-bond donors (Lipinski definition) is 2. The van der Waals surface area contributed by atoms with Gasteiger partial charge in [0.1, 0.15) is 17.2 Å². The standard InChI is InChI=1S/C41H32ClF3N2O7/c42-24-7-4-8-25(19-24)47-37(51)32-21-30-28(14-15-29-34(30)38(52)46(36(29)50)18-17-22-9-11-26(48)12-10-22)35(40(32,39(47)53)23-5-2-1-3-6-23)31-20-27(13-16-33(31)49)54-41(43,44)45/h1-14,16,19-20,29-30,32,34-35,48-49H,15,17-18,21H2. The lowest BCUT2D eigenvalue weighted by Gasteiger charge is -2.50. The largest absolute Gasteiger partial charge is 0.573 e. The van der Waals surface area contributed by atoms with Crippen LogP contribution in [-0.4, -0.2) is 51.6 Å². The average Bonchev–Trinajstić information content (AvgIpc) is 3.52. The summed E-state index contributed by atoms with van der Waals surface area (Å²) in [5, 5.41) is 21.5. The van der Waals surface area contributed by atoms with E-state index in [4.69, 9.17) is 11.6 Å². The number of phenols is 2. The number of likely N-dealkylation sites (tertiary alicyclic amines) is 1. The Bertz CT molecular complexity index is 2230. The number of phenolic OH excluding ortho intramolecular Hbond substituents is 2. The van der Waals surface area contributed by atoms with E-state index >= 15 is 4.79 Å². The fraction of sp³-hybridized carbons (Fsp3) is 0.268. The number of ether oxygens (including phenoxy) is 1. The van der Waals surface area contributed by atoms with Crippen LogP contribution in [0.25, 0.3) is 0 Å². The Labute approximate surface area is 312 Å². The van der Waals surface area contributed by atoms with Crippen molar-refractivity contribution in [2.45, 2.75) is 37.0 Å². The van der Waals surface area contributed by atoms with Gasteiger partial charge in [-0.3, -0.25) is 24.1 Å². The zero-order valence-electron chi connectivity index (χ0n) is 28.4. The lowest BCUT2D eigenvalue weighted by atomic mass is 9.49. The van der Waals surface area contributed by atoms with Crippen LogP contribution >= 0.6 is 11.6 Å². The van der Waals surface area contributed by atoms with E-state index in [-0.39, 0.29) is 47.3 Å². The van der Waals surface area contributed by atoms with Gasteiger partial charge in [-0.25, -0.2) is 4.90 Å². The third kappa shape index (κ3) is 5.62. The maximum Gasteiger partial charge on any atom is 0.573 e. The van der Waals surface area contributed by atoms with Crippen molar-refractivity contribution in [1.82, 2.24) is 4.90 Å².